The van der Waals surface area contributed by atoms with Crippen molar-refractivity contribution in [1.82, 2.24) is 19.9 Å². The van der Waals surface area contributed by atoms with E-state index in [1.165, 1.54) is 10.5 Å². The van der Waals surface area contributed by atoms with Gasteiger partial charge < -0.3 is 15.0 Å². The maximum Gasteiger partial charge on any atom is 0.417 e. The number of pyridine rings is 1. The molecule has 1 aliphatic heterocycles. The molecular weight excluding hydrogens is 363 g/mol. The van der Waals surface area contributed by atoms with Crippen molar-refractivity contribution < 1.29 is 22.7 Å². The van der Waals surface area contributed by atoms with E-state index in [0.717, 1.165) is 31.5 Å². The van der Waals surface area contributed by atoms with E-state index in [2.05, 4.69) is 15.5 Å². The molecule has 2 aromatic rings. The highest BCUT2D eigenvalue weighted by atomic mass is 19.4. The SMILES string of the molecule is COCCCNC(=O)C1CCCN(c2nnc3ccc(C(F)(F)F)cn23)C1. The van der Waals surface area contributed by atoms with Gasteiger partial charge in [0, 0.05) is 39.5 Å². The number of aromatic nitrogens is 3. The van der Waals surface area contributed by atoms with Gasteiger partial charge in [0.1, 0.15) is 0 Å². The van der Waals surface area contributed by atoms with Gasteiger partial charge >= 0.3 is 6.18 Å². The van der Waals surface area contributed by atoms with Crippen molar-refractivity contribution >= 4 is 17.5 Å². The Morgan fingerprint density at radius 1 is 1.37 bits per heavy atom. The highest BCUT2D eigenvalue weighted by Gasteiger charge is 2.32. The lowest BCUT2D eigenvalue weighted by Crippen LogP contribution is -2.44. The van der Waals surface area contributed by atoms with Crippen molar-refractivity contribution in [3.8, 4) is 0 Å². The summed E-state index contributed by atoms with van der Waals surface area (Å²) in [5.74, 6) is 0.0352. The summed E-state index contributed by atoms with van der Waals surface area (Å²) in [5.41, 5.74) is -0.426. The summed E-state index contributed by atoms with van der Waals surface area (Å²) < 4.78 is 45.3. The second-order valence-corrected chi connectivity index (χ2v) is 6.57. The third kappa shape index (κ3) is 4.49. The molecule has 0 saturated carbocycles. The summed E-state index contributed by atoms with van der Waals surface area (Å²) in [6.07, 6.45) is -1.23. The minimum atomic E-state index is -4.44. The average Bonchev–Trinajstić information content (AvgIpc) is 3.08. The molecule has 0 aliphatic carbocycles. The van der Waals surface area contributed by atoms with Crippen molar-refractivity contribution in [1.29, 1.82) is 0 Å². The first-order valence-electron chi connectivity index (χ1n) is 8.83. The zero-order chi connectivity index (χ0) is 19.4. The molecule has 3 heterocycles. The van der Waals surface area contributed by atoms with Gasteiger partial charge in [-0.25, -0.2) is 0 Å². The van der Waals surface area contributed by atoms with Crippen LogP contribution in [0.3, 0.4) is 0 Å². The molecule has 2 aromatic heterocycles. The Morgan fingerprint density at radius 2 is 2.19 bits per heavy atom. The van der Waals surface area contributed by atoms with E-state index in [9.17, 15) is 18.0 Å². The first-order valence-corrected chi connectivity index (χ1v) is 8.83. The fourth-order valence-corrected chi connectivity index (χ4v) is 3.21. The van der Waals surface area contributed by atoms with E-state index in [1.807, 2.05) is 4.90 Å². The van der Waals surface area contributed by atoms with Gasteiger partial charge in [0.2, 0.25) is 11.9 Å². The molecule has 1 fully saturated rings. The average molecular weight is 385 g/mol. The fraction of sp³-hybridized carbons (Fsp3) is 0.588. The van der Waals surface area contributed by atoms with Crippen molar-refractivity contribution in [2.24, 2.45) is 5.92 Å². The van der Waals surface area contributed by atoms with Crippen LogP contribution in [-0.2, 0) is 15.7 Å². The molecule has 0 aromatic carbocycles. The predicted octanol–water partition coefficient (Wildman–Crippen LogP) is 2.12. The molecule has 1 N–H and O–H groups in total. The highest BCUT2D eigenvalue weighted by Crippen LogP contribution is 2.30. The van der Waals surface area contributed by atoms with E-state index < -0.39 is 11.7 Å². The van der Waals surface area contributed by atoms with Gasteiger partial charge in [0.05, 0.1) is 11.5 Å². The van der Waals surface area contributed by atoms with Gasteiger partial charge in [-0.1, -0.05) is 0 Å². The minimum absolute atomic E-state index is 0.0550. The molecule has 27 heavy (non-hydrogen) atoms. The molecule has 0 bridgehead atoms. The molecule has 0 spiro atoms. The van der Waals surface area contributed by atoms with Crippen molar-refractivity contribution in [3.63, 3.8) is 0 Å². The first-order chi connectivity index (χ1) is 12.9. The highest BCUT2D eigenvalue weighted by molar-refractivity contribution is 5.79. The number of methoxy groups -OCH3 is 1. The van der Waals surface area contributed by atoms with Crippen LogP contribution in [0, 0.1) is 5.92 Å². The van der Waals surface area contributed by atoms with E-state index in [1.54, 1.807) is 7.11 Å². The summed E-state index contributed by atoms with van der Waals surface area (Å²) in [6, 6.07) is 2.28. The van der Waals surface area contributed by atoms with E-state index >= 15 is 0 Å². The van der Waals surface area contributed by atoms with Crippen LogP contribution in [0.2, 0.25) is 0 Å². The molecule has 148 valence electrons. The van der Waals surface area contributed by atoms with Gasteiger partial charge in [-0.2, -0.15) is 13.2 Å². The Labute approximate surface area is 154 Å². The number of nitrogens with zero attached hydrogens (tertiary/aromatic N) is 4. The molecule has 3 rings (SSSR count). The number of piperidine rings is 1. The summed E-state index contributed by atoms with van der Waals surface area (Å²) in [7, 11) is 1.61. The van der Waals surface area contributed by atoms with Gasteiger partial charge in [0.25, 0.3) is 0 Å². The van der Waals surface area contributed by atoms with Crippen LogP contribution in [0.5, 0.6) is 0 Å². The zero-order valence-corrected chi connectivity index (χ0v) is 15.0. The largest absolute Gasteiger partial charge is 0.417 e. The third-order valence-electron chi connectivity index (χ3n) is 4.61. The Hall–Kier alpha value is -2.36. The second-order valence-electron chi connectivity index (χ2n) is 6.57. The molecule has 1 atom stereocenters. The van der Waals surface area contributed by atoms with Gasteiger partial charge in [-0.05, 0) is 31.4 Å². The van der Waals surface area contributed by atoms with Crippen LogP contribution in [0.25, 0.3) is 5.65 Å². The number of rotatable bonds is 6. The van der Waals surface area contributed by atoms with Crippen LogP contribution in [-0.4, -0.2) is 53.9 Å². The van der Waals surface area contributed by atoms with Crippen LogP contribution < -0.4 is 10.2 Å². The molecule has 1 amide bonds. The lowest BCUT2D eigenvalue weighted by atomic mass is 9.97. The Bertz CT molecular complexity index is 792. The van der Waals surface area contributed by atoms with Gasteiger partial charge in [0.15, 0.2) is 5.65 Å². The predicted molar refractivity (Wildman–Crippen MR) is 92.4 cm³/mol. The minimum Gasteiger partial charge on any atom is -0.385 e. The molecule has 0 radical (unpaired) electrons. The van der Waals surface area contributed by atoms with Crippen LogP contribution in [0.1, 0.15) is 24.8 Å². The Balaban J connectivity index is 1.73. The first kappa shape index (κ1) is 19.4. The number of carbonyl (C=O) groups excluding carboxylic acids is 1. The number of fused-ring (bicyclic) bond motifs is 1. The number of ether oxygens (including phenoxy) is 1. The maximum atomic E-state index is 13.0. The summed E-state index contributed by atoms with van der Waals surface area (Å²) in [5, 5.41) is 10.9. The molecule has 7 nitrogen and oxygen atoms in total. The van der Waals surface area contributed by atoms with E-state index in [0.29, 0.717) is 37.8 Å². The van der Waals surface area contributed by atoms with Gasteiger partial charge in [-0.3, -0.25) is 9.20 Å². The Morgan fingerprint density at radius 3 is 2.93 bits per heavy atom. The standard InChI is InChI=1S/C17H22F3N5O2/c1-27-9-3-7-21-15(26)12-4-2-8-24(10-12)16-23-22-14-6-5-13(11-25(14)16)17(18,19)20/h5-6,11-12H,2-4,7-10H2,1H3,(H,21,26). The smallest absolute Gasteiger partial charge is 0.385 e. The molecule has 1 aliphatic rings. The molecule has 1 saturated heterocycles. The van der Waals surface area contributed by atoms with E-state index in [4.69, 9.17) is 4.74 Å². The molecule has 10 heteroatoms. The molecule has 1 unspecified atom stereocenters. The van der Waals surface area contributed by atoms with Crippen molar-refractivity contribution in [3.05, 3.63) is 23.9 Å². The van der Waals surface area contributed by atoms with Crippen molar-refractivity contribution in [2.75, 3.05) is 38.3 Å². The summed E-state index contributed by atoms with van der Waals surface area (Å²) in [6.45, 7) is 2.12. The van der Waals surface area contributed by atoms with Crippen LogP contribution in [0.4, 0.5) is 19.1 Å². The number of halogens is 3. The zero-order valence-electron chi connectivity index (χ0n) is 15.0. The second kappa shape index (κ2) is 8.12. The summed E-state index contributed by atoms with van der Waals surface area (Å²) in [4.78, 5) is 14.2. The number of amides is 1. The van der Waals surface area contributed by atoms with Crippen LogP contribution in [0.15, 0.2) is 18.3 Å². The third-order valence-corrected chi connectivity index (χ3v) is 4.61. The number of hydrogen-bond acceptors (Lipinski definition) is 5. The number of alkyl halides is 3. The number of carbonyl (C=O) groups is 1. The molecular formula is C17H22F3N5O2. The lowest BCUT2D eigenvalue weighted by molar-refractivity contribution is -0.137. The quantitative estimate of drug-likeness (QED) is 0.772. The fourth-order valence-electron chi connectivity index (χ4n) is 3.21. The van der Waals surface area contributed by atoms with Crippen LogP contribution >= 0.6 is 0 Å². The maximum absolute atomic E-state index is 13.0. The van der Waals surface area contributed by atoms with Gasteiger partial charge in [-0.15, -0.1) is 10.2 Å². The summed E-state index contributed by atoms with van der Waals surface area (Å²) >= 11 is 0. The number of hydrogen-bond donors (Lipinski definition) is 1. The number of nitrogens with one attached hydrogen (secondary N) is 1. The topological polar surface area (TPSA) is 71.8 Å². The Kier molecular flexibility index (Phi) is 5.83. The lowest BCUT2D eigenvalue weighted by Gasteiger charge is -2.32. The monoisotopic (exact) mass is 385 g/mol. The number of anilines is 1. The normalized spacial score (nSPS) is 18.1. The van der Waals surface area contributed by atoms with Crippen molar-refractivity contribution in [2.45, 2.75) is 25.4 Å². The van der Waals surface area contributed by atoms with E-state index in [-0.39, 0.29) is 11.8 Å².